The third-order valence-electron chi connectivity index (χ3n) is 5.63. The third kappa shape index (κ3) is 4.86. The summed E-state index contributed by atoms with van der Waals surface area (Å²) >= 11 is 24.7. The van der Waals surface area contributed by atoms with Crippen LogP contribution in [-0.2, 0) is 11.2 Å². The van der Waals surface area contributed by atoms with Gasteiger partial charge in [0.25, 0.3) is 0 Å². The van der Waals surface area contributed by atoms with Crippen molar-refractivity contribution in [3.63, 3.8) is 0 Å². The fourth-order valence-corrected chi connectivity index (χ4v) is 5.05. The van der Waals surface area contributed by atoms with E-state index >= 15 is 0 Å². The molecule has 0 spiro atoms. The maximum Gasteiger partial charge on any atom is 0.231 e. The summed E-state index contributed by atoms with van der Waals surface area (Å²) in [5.41, 5.74) is 7.37. The first-order valence-corrected chi connectivity index (χ1v) is 11.5. The van der Waals surface area contributed by atoms with E-state index in [9.17, 15) is 18.4 Å². The molecule has 0 bridgehead atoms. The summed E-state index contributed by atoms with van der Waals surface area (Å²) in [6.07, 6.45) is -0.105. The second-order valence-electron chi connectivity index (χ2n) is 7.93. The van der Waals surface area contributed by atoms with E-state index in [1.807, 2.05) is 0 Å². The number of hydrogen-bond donors (Lipinski definition) is 2. The number of alkyl halides is 2. The summed E-state index contributed by atoms with van der Waals surface area (Å²) in [7, 11) is 0. The van der Waals surface area contributed by atoms with Crippen molar-refractivity contribution in [2.75, 3.05) is 11.1 Å². The van der Waals surface area contributed by atoms with Crippen molar-refractivity contribution >= 4 is 69.5 Å². The van der Waals surface area contributed by atoms with Crippen molar-refractivity contribution in [3.8, 4) is 0 Å². The van der Waals surface area contributed by atoms with Crippen LogP contribution in [0.5, 0.6) is 0 Å². The van der Waals surface area contributed by atoms with Crippen molar-refractivity contribution in [3.05, 3.63) is 93.0 Å². The Bertz CT molecular complexity index is 1320. The standard InChI is InChI=1S/C24H16Cl4F2N2O2/c25-16-5-4-14(10-15(16)20(33)8-11-1-3-13(29)9-19(11)31)32-23(34)22-21(24(22,27)28)12-2-6-18(30)17(26)7-12/h1-7,9-10,21-22H,8,31H2,(H,32,34)/t21-,22+/m0/s1. The zero-order valence-corrected chi connectivity index (χ0v) is 20.2. The fraction of sp³-hybridized carbons (Fsp3) is 0.167. The Morgan fingerprint density at radius 3 is 2.38 bits per heavy atom. The number of nitrogens with two attached hydrogens (primary N) is 1. The Labute approximate surface area is 213 Å². The van der Waals surface area contributed by atoms with E-state index in [4.69, 9.17) is 52.1 Å². The van der Waals surface area contributed by atoms with Crippen molar-refractivity contribution in [2.24, 2.45) is 5.92 Å². The summed E-state index contributed by atoms with van der Waals surface area (Å²) in [6, 6.07) is 12.2. The van der Waals surface area contributed by atoms with Crippen LogP contribution in [0.4, 0.5) is 20.2 Å². The predicted molar refractivity (Wildman–Crippen MR) is 131 cm³/mol. The summed E-state index contributed by atoms with van der Waals surface area (Å²) in [5, 5.41) is 2.77. The maximum absolute atomic E-state index is 13.5. The number of anilines is 2. The topological polar surface area (TPSA) is 72.2 Å². The van der Waals surface area contributed by atoms with Crippen LogP contribution in [-0.4, -0.2) is 16.0 Å². The molecule has 0 aromatic heterocycles. The molecule has 1 aliphatic rings. The number of carbonyl (C=O) groups excluding carboxylic acids is 2. The summed E-state index contributed by atoms with van der Waals surface area (Å²) in [4.78, 5) is 25.7. The van der Waals surface area contributed by atoms with Crippen molar-refractivity contribution in [1.82, 2.24) is 0 Å². The first-order chi connectivity index (χ1) is 16.0. The second kappa shape index (κ2) is 9.34. The molecular formula is C24H16Cl4F2N2O2. The smallest absolute Gasteiger partial charge is 0.231 e. The number of ketones is 1. The second-order valence-corrected chi connectivity index (χ2v) is 10.2. The molecule has 0 unspecified atom stereocenters. The van der Waals surface area contributed by atoms with Gasteiger partial charge in [-0.2, -0.15) is 0 Å². The van der Waals surface area contributed by atoms with Crippen LogP contribution in [0.1, 0.15) is 27.4 Å². The molecule has 176 valence electrons. The van der Waals surface area contributed by atoms with Gasteiger partial charge in [0.15, 0.2) is 5.78 Å². The predicted octanol–water partition coefficient (Wildman–Crippen LogP) is 6.81. The lowest BCUT2D eigenvalue weighted by atomic mass is 10.0. The van der Waals surface area contributed by atoms with E-state index in [1.54, 1.807) is 0 Å². The van der Waals surface area contributed by atoms with Gasteiger partial charge < -0.3 is 11.1 Å². The lowest BCUT2D eigenvalue weighted by molar-refractivity contribution is -0.117. The van der Waals surface area contributed by atoms with Crippen molar-refractivity contribution < 1.29 is 18.4 Å². The highest BCUT2D eigenvalue weighted by Crippen LogP contribution is 2.65. The Hall–Kier alpha value is -2.38. The fourth-order valence-electron chi connectivity index (χ4n) is 3.81. The molecule has 0 heterocycles. The van der Waals surface area contributed by atoms with Crippen LogP contribution in [0.3, 0.4) is 0 Å². The summed E-state index contributed by atoms with van der Waals surface area (Å²) in [6.45, 7) is 0. The molecule has 4 rings (SSSR count). The van der Waals surface area contributed by atoms with Gasteiger partial charge in [0.05, 0.1) is 16.0 Å². The largest absolute Gasteiger partial charge is 0.398 e. The summed E-state index contributed by atoms with van der Waals surface area (Å²) < 4.78 is 25.4. The van der Waals surface area contributed by atoms with Crippen LogP contribution in [0.2, 0.25) is 10.0 Å². The Kier molecular flexibility index (Phi) is 6.80. The monoisotopic (exact) mass is 542 g/mol. The molecule has 0 radical (unpaired) electrons. The van der Waals surface area contributed by atoms with Crippen molar-refractivity contribution in [2.45, 2.75) is 16.7 Å². The molecule has 0 aliphatic heterocycles. The van der Waals surface area contributed by atoms with E-state index in [1.165, 1.54) is 48.5 Å². The minimum absolute atomic E-state index is 0.102. The van der Waals surface area contributed by atoms with Crippen LogP contribution >= 0.6 is 46.4 Å². The number of Topliss-reactive ketones (excluding diaryl/α,β-unsaturated/α-hetero) is 1. The zero-order valence-electron chi connectivity index (χ0n) is 17.2. The van der Waals surface area contributed by atoms with Crippen LogP contribution in [0.15, 0.2) is 54.6 Å². The van der Waals surface area contributed by atoms with Gasteiger partial charge in [0.1, 0.15) is 16.0 Å². The summed E-state index contributed by atoms with van der Waals surface area (Å²) in [5.74, 6) is -3.38. The van der Waals surface area contributed by atoms with E-state index in [0.717, 1.165) is 6.07 Å². The highest BCUT2D eigenvalue weighted by atomic mass is 35.5. The number of nitrogen functional groups attached to an aromatic ring is 1. The minimum Gasteiger partial charge on any atom is -0.398 e. The quantitative estimate of drug-likeness (QED) is 0.204. The van der Waals surface area contributed by atoms with Gasteiger partial charge >= 0.3 is 0 Å². The van der Waals surface area contributed by atoms with E-state index in [-0.39, 0.29) is 33.5 Å². The van der Waals surface area contributed by atoms with Crippen molar-refractivity contribution in [1.29, 1.82) is 0 Å². The normalized spacial score (nSPS) is 18.4. The number of hydrogen-bond acceptors (Lipinski definition) is 3. The lowest BCUT2D eigenvalue weighted by Crippen LogP contribution is -2.17. The molecule has 34 heavy (non-hydrogen) atoms. The third-order valence-corrected chi connectivity index (χ3v) is 7.19. The van der Waals surface area contributed by atoms with Crippen LogP contribution in [0, 0.1) is 17.6 Å². The molecule has 4 nitrogen and oxygen atoms in total. The lowest BCUT2D eigenvalue weighted by Gasteiger charge is -2.10. The number of benzene rings is 3. The van der Waals surface area contributed by atoms with Gasteiger partial charge in [0.2, 0.25) is 5.91 Å². The minimum atomic E-state index is -1.41. The van der Waals surface area contributed by atoms with Crippen LogP contribution in [0.25, 0.3) is 0 Å². The van der Waals surface area contributed by atoms with Gasteiger partial charge in [-0.25, -0.2) is 8.78 Å². The Morgan fingerprint density at radius 1 is 0.971 bits per heavy atom. The molecule has 3 aromatic rings. The highest BCUT2D eigenvalue weighted by Gasteiger charge is 2.67. The molecule has 1 amide bonds. The van der Waals surface area contributed by atoms with E-state index in [2.05, 4.69) is 5.32 Å². The van der Waals surface area contributed by atoms with Gasteiger partial charge in [0, 0.05) is 29.3 Å². The maximum atomic E-state index is 13.5. The molecule has 1 saturated carbocycles. The van der Waals surface area contributed by atoms with E-state index in [0.29, 0.717) is 16.8 Å². The molecule has 0 saturated heterocycles. The highest BCUT2D eigenvalue weighted by molar-refractivity contribution is 6.53. The zero-order chi connectivity index (χ0) is 24.8. The molecule has 1 fully saturated rings. The molecule has 1 aliphatic carbocycles. The number of amides is 1. The average Bonchev–Trinajstić information content (AvgIpc) is 3.35. The number of rotatable bonds is 6. The average molecular weight is 544 g/mol. The Morgan fingerprint density at radius 2 is 1.71 bits per heavy atom. The number of carbonyl (C=O) groups is 2. The van der Waals surface area contributed by atoms with Gasteiger partial charge in [-0.3, -0.25) is 9.59 Å². The van der Waals surface area contributed by atoms with Gasteiger partial charge in [-0.1, -0.05) is 35.3 Å². The molecule has 3 aromatic carbocycles. The van der Waals surface area contributed by atoms with Gasteiger partial charge in [-0.15, -0.1) is 23.2 Å². The SMILES string of the molecule is Nc1cc(F)ccc1CC(=O)c1cc(NC(=O)[C@H]2[C@H](c3ccc(F)c(Cl)c3)C2(Cl)Cl)ccc1Cl. The molecule has 10 heteroatoms. The molecule has 3 N–H and O–H groups in total. The molecular weight excluding hydrogens is 528 g/mol. The van der Waals surface area contributed by atoms with Gasteiger partial charge in [-0.05, 0) is 53.6 Å². The van der Waals surface area contributed by atoms with Crippen LogP contribution < -0.4 is 11.1 Å². The molecule has 2 atom stereocenters. The first kappa shape index (κ1) is 24.7. The first-order valence-electron chi connectivity index (χ1n) is 9.99. The number of nitrogens with one attached hydrogen (secondary N) is 1. The Balaban J connectivity index is 1.51. The van der Waals surface area contributed by atoms with E-state index < -0.39 is 33.7 Å². The number of halogens is 6.